The molecule has 16 heavy (non-hydrogen) atoms. The number of carboxylic acid groups (broad SMARTS) is 1. The molecule has 7 heteroatoms. The van der Waals surface area contributed by atoms with Crippen molar-refractivity contribution in [3.63, 3.8) is 0 Å². The summed E-state index contributed by atoms with van der Waals surface area (Å²) < 4.78 is 24.6. The first-order valence-corrected chi connectivity index (χ1v) is 6.59. The molecule has 0 radical (unpaired) electrons. The summed E-state index contributed by atoms with van der Waals surface area (Å²) in [5, 5.41) is 9.65. The molecule has 0 aromatic carbocycles. The lowest BCUT2D eigenvalue weighted by Crippen LogP contribution is -2.42. The van der Waals surface area contributed by atoms with Crippen molar-refractivity contribution in [2.45, 2.75) is 12.8 Å². The first-order chi connectivity index (χ1) is 7.44. The molecular formula is C9H16N2O4S. The molecular weight excluding hydrogens is 232 g/mol. The third-order valence-corrected chi connectivity index (χ3v) is 3.59. The first-order valence-electron chi connectivity index (χ1n) is 5.04. The normalized spacial score (nSPS) is 21.8. The Labute approximate surface area is 95.0 Å². The summed E-state index contributed by atoms with van der Waals surface area (Å²) in [5.41, 5.74) is 0. The Balaban J connectivity index is 2.44. The Morgan fingerprint density at radius 2 is 2.31 bits per heavy atom. The quantitative estimate of drug-likeness (QED) is 0.755. The smallest absolute Gasteiger partial charge is 0.407 e. The average Bonchev–Trinajstić information content (AvgIpc) is 2.27. The summed E-state index contributed by atoms with van der Waals surface area (Å²) in [6.45, 7) is 4.36. The van der Waals surface area contributed by atoms with Crippen molar-refractivity contribution >= 4 is 16.1 Å². The van der Waals surface area contributed by atoms with E-state index in [0.717, 1.165) is 18.2 Å². The lowest BCUT2D eigenvalue weighted by atomic mass is 9.99. The van der Waals surface area contributed by atoms with Crippen LogP contribution < -0.4 is 4.72 Å². The number of amides is 1. The van der Waals surface area contributed by atoms with E-state index in [2.05, 4.69) is 11.3 Å². The van der Waals surface area contributed by atoms with Crippen LogP contribution in [0.25, 0.3) is 0 Å². The highest BCUT2D eigenvalue weighted by atomic mass is 32.2. The second-order valence-corrected chi connectivity index (χ2v) is 5.51. The van der Waals surface area contributed by atoms with E-state index >= 15 is 0 Å². The summed E-state index contributed by atoms with van der Waals surface area (Å²) in [4.78, 5) is 12.0. The van der Waals surface area contributed by atoms with Crippen LogP contribution in [0.1, 0.15) is 12.8 Å². The summed E-state index contributed by atoms with van der Waals surface area (Å²) in [6, 6.07) is 0. The number of nitrogens with zero attached hydrogens (tertiary/aromatic N) is 1. The van der Waals surface area contributed by atoms with Crippen LogP contribution in [-0.2, 0) is 10.0 Å². The summed E-state index contributed by atoms with van der Waals surface area (Å²) >= 11 is 0. The van der Waals surface area contributed by atoms with Crippen LogP contribution in [0.2, 0.25) is 0 Å². The topological polar surface area (TPSA) is 86.7 Å². The van der Waals surface area contributed by atoms with Crippen LogP contribution >= 0.6 is 0 Å². The summed E-state index contributed by atoms with van der Waals surface area (Å²) in [6.07, 6.45) is 0.659. The van der Waals surface area contributed by atoms with Crippen molar-refractivity contribution in [2.24, 2.45) is 5.92 Å². The van der Waals surface area contributed by atoms with Gasteiger partial charge in [0.25, 0.3) is 0 Å². The van der Waals surface area contributed by atoms with Gasteiger partial charge in [-0.2, -0.15) is 0 Å². The molecule has 1 saturated heterocycles. The maximum atomic E-state index is 11.1. The number of hydrogen-bond donors (Lipinski definition) is 2. The van der Waals surface area contributed by atoms with E-state index in [4.69, 9.17) is 5.11 Å². The van der Waals surface area contributed by atoms with Gasteiger partial charge in [-0.15, -0.1) is 0 Å². The minimum atomic E-state index is -3.41. The molecule has 0 spiro atoms. The Morgan fingerprint density at radius 3 is 2.88 bits per heavy atom. The largest absolute Gasteiger partial charge is 0.465 e. The SMILES string of the molecule is C=CS(=O)(=O)NC[C@H]1CCCN(C(=O)O)C1. The van der Waals surface area contributed by atoms with Crippen LogP contribution in [0, 0.1) is 5.92 Å². The summed E-state index contributed by atoms with van der Waals surface area (Å²) in [7, 11) is -3.41. The molecule has 1 atom stereocenters. The highest BCUT2D eigenvalue weighted by Crippen LogP contribution is 2.15. The maximum absolute atomic E-state index is 11.1. The van der Waals surface area contributed by atoms with Gasteiger partial charge in [0.15, 0.2) is 0 Å². The van der Waals surface area contributed by atoms with Crippen LogP contribution in [-0.4, -0.2) is 44.2 Å². The molecule has 1 aliphatic rings. The van der Waals surface area contributed by atoms with Crippen molar-refractivity contribution < 1.29 is 18.3 Å². The fourth-order valence-corrected chi connectivity index (χ4v) is 2.28. The van der Waals surface area contributed by atoms with Crippen molar-refractivity contribution in [3.8, 4) is 0 Å². The van der Waals surface area contributed by atoms with E-state index in [1.54, 1.807) is 0 Å². The molecule has 1 amide bonds. The van der Waals surface area contributed by atoms with Crippen LogP contribution in [0.5, 0.6) is 0 Å². The number of piperidine rings is 1. The lowest BCUT2D eigenvalue weighted by Gasteiger charge is -2.30. The minimum Gasteiger partial charge on any atom is -0.465 e. The van der Waals surface area contributed by atoms with Gasteiger partial charge in [0, 0.05) is 25.0 Å². The number of hydrogen-bond acceptors (Lipinski definition) is 3. The molecule has 2 N–H and O–H groups in total. The van der Waals surface area contributed by atoms with Gasteiger partial charge in [-0.05, 0) is 18.8 Å². The van der Waals surface area contributed by atoms with E-state index in [1.807, 2.05) is 0 Å². The number of nitrogens with one attached hydrogen (secondary N) is 1. The third-order valence-electron chi connectivity index (χ3n) is 2.58. The Morgan fingerprint density at radius 1 is 1.62 bits per heavy atom. The van der Waals surface area contributed by atoms with E-state index < -0.39 is 16.1 Å². The molecule has 0 unspecified atom stereocenters. The van der Waals surface area contributed by atoms with Crippen LogP contribution in [0.4, 0.5) is 4.79 Å². The predicted octanol–water partition coefficient (Wildman–Crippen LogP) is 0.439. The zero-order valence-electron chi connectivity index (χ0n) is 8.92. The van der Waals surface area contributed by atoms with E-state index in [0.29, 0.717) is 13.1 Å². The van der Waals surface area contributed by atoms with Gasteiger partial charge in [0.2, 0.25) is 10.0 Å². The van der Waals surface area contributed by atoms with Crippen molar-refractivity contribution in [1.29, 1.82) is 0 Å². The number of likely N-dealkylation sites (tertiary alicyclic amines) is 1. The Kier molecular flexibility index (Phi) is 4.31. The molecule has 0 aromatic heterocycles. The fraction of sp³-hybridized carbons (Fsp3) is 0.667. The Bertz CT molecular complexity index is 366. The first kappa shape index (κ1) is 13.0. The standard InChI is InChI=1S/C9H16N2O4S/c1-2-16(14,15)10-6-8-4-3-5-11(7-8)9(12)13/h2,8,10H,1,3-7H2,(H,12,13)/t8-/m1/s1. The zero-order chi connectivity index (χ0) is 12.2. The molecule has 0 aromatic rings. The molecule has 92 valence electrons. The highest BCUT2D eigenvalue weighted by molar-refractivity contribution is 7.92. The van der Waals surface area contributed by atoms with Gasteiger partial charge in [-0.3, -0.25) is 0 Å². The molecule has 1 rings (SSSR count). The third kappa shape index (κ3) is 3.82. The van der Waals surface area contributed by atoms with E-state index in [9.17, 15) is 13.2 Å². The minimum absolute atomic E-state index is 0.0413. The molecule has 0 bridgehead atoms. The van der Waals surface area contributed by atoms with E-state index in [1.165, 1.54) is 4.90 Å². The van der Waals surface area contributed by atoms with Gasteiger partial charge in [-0.25, -0.2) is 17.9 Å². The molecule has 1 aliphatic heterocycles. The number of sulfonamides is 1. The molecule has 1 fully saturated rings. The van der Waals surface area contributed by atoms with Gasteiger partial charge in [0.1, 0.15) is 0 Å². The second kappa shape index (κ2) is 5.31. The number of rotatable bonds is 4. The van der Waals surface area contributed by atoms with Crippen molar-refractivity contribution in [1.82, 2.24) is 9.62 Å². The van der Waals surface area contributed by atoms with Gasteiger partial charge in [-0.1, -0.05) is 6.58 Å². The van der Waals surface area contributed by atoms with Gasteiger partial charge < -0.3 is 10.0 Å². The molecule has 0 saturated carbocycles. The average molecular weight is 248 g/mol. The van der Waals surface area contributed by atoms with Crippen molar-refractivity contribution in [2.75, 3.05) is 19.6 Å². The monoisotopic (exact) mass is 248 g/mol. The van der Waals surface area contributed by atoms with Crippen LogP contribution in [0.15, 0.2) is 12.0 Å². The predicted molar refractivity (Wildman–Crippen MR) is 59.4 cm³/mol. The maximum Gasteiger partial charge on any atom is 0.407 e. The number of carbonyl (C=O) groups is 1. The molecule has 1 heterocycles. The van der Waals surface area contributed by atoms with Crippen molar-refractivity contribution in [3.05, 3.63) is 12.0 Å². The Hall–Kier alpha value is -1.08. The van der Waals surface area contributed by atoms with E-state index in [-0.39, 0.29) is 12.5 Å². The highest BCUT2D eigenvalue weighted by Gasteiger charge is 2.23. The lowest BCUT2D eigenvalue weighted by molar-refractivity contribution is 0.121. The van der Waals surface area contributed by atoms with Crippen LogP contribution in [0.3, 0.4) is 0 Å². The molecule has 0 aliphatic carbocycles. The van der Waals surface area contributed by atoms with Gasteiger partial charge in [0.05, 0.1) is 0 Å². The molecule has 6 nitrogen and oxygen atoms in total. The van der Waals surface area contributed by atoms with Gasteiger partial charge >= 0.3 is 6.09 Å². The second-order valence-electron chi connectivity index (χ2n) is 3.80. The zero-order valence-corrected chi connectivity index (χ0v) is 9.74. The summed E-state index contributed by atoms with van der Waals surface area (Å²) in [5.74, 6) is 0.0413. The fourth-order valence-electron chi connectivity index (χ4n) is 1.70.